The van der Waals surface area contributed by atoms with Gasteiger partial charge >= 0.3 is 0 Å². The quantitative estimate of drug-likeness (QED) is 0.325. The molecule has 0 aliphatic heterocycles. The van der Waals surface area contributed by atoms with Crippen LogP contribution >= 0.6 is 11.3 Å². The summed E-state index contributed by atoms with van der Waals surface area (Å²) in [6.45, 7) is 4.66. The number of thiazole rings is 1. The largest absolute Gasteiger partial charge is 0.382 e. The second-order valence-corrected chi connectivity index (χ2v) is 10.2. The number of halogens is 1. The highest BCUT2D eigenvalue weighted by Crippen LogP contribution is 2.31. The zero-order valence-electron chi connectivity index (χ0n) is 20.8. The van der Waals surface area contributed by atoms with Crippen molar-refractivity contribution < 1.29 is 19.1 Å². The molecule has 0 aliphatic carbocycles. The van der Waals surface area contributed by atoms with Gasteiger partial charge in [0.1, 0.15) is 28.5 Å². The number of primary amides is 1. The summed E-state index contributed by atoms with van der Waals surface area (Å²) >= 11 is 1.43. The highest BCUT2D eigenvalue weighted by Gasteiger charge is 2.33. The van der Waals surface area contributed by atoms with Gasteiger partial charge in [0, 0.05) is 18.0 Å². The average Bonchev–Trinajstić information content (AvgIpc) is 3.52. The number of aliphatic hydroxyl groups is 1. The number of hydrogen-bond acceptors (Lipinski definition) is 7. The Morgan fingerprint density at radius 2 is 1.81 bits per heavy atom. The van der Waals surface area contributed by atoms with E-state index in [1.54, 1.807) is 56.7 Å². The van der Waals surface area contributed by atoms with E-state index in [0.29, 0.717) is 33.9 Å². The Morgan fingerprint density at radius 1 is 1.11 bits per heavy atom. The number of carbonyl (C=O) groups excluding carboxylic acids is 2. The van der Waals surface area contributed by atoms with Crippen molar-refractivity contribution in [2.24, 2.45) is 12.8 Å². The maximum absolute atomic E-state index is 13.5. The van der Waals surface area contributed by atoms with E-state index in [1.807, 2.05) is 5.38 Å². The van der Waals surface area contributed by atoms with Crippen LogP contribution < -0.4 is 11.1 Å². The first-order chi connectivity index (χ1) is 17.4. The van der Waals surface area contributed by atoms with Crippen molar-refractivity contribution in [3.8, 4) is 22.6 Å². The van der Waals surface area contributed by atoms with Crippen LogP contribution in [0.2, 0.25) is 0 Å². The summed E-state index contributed by atoms with van der Waals surface area (Å²) in [5.74, 6) is -1.40. The van der Waals surface area contributed by atoms with Crippen molar-refractivity contribution in [2.75, 3.05) is 6.54 Å². The second-order valence-electron chi connectivity index (χ2n) is 9.49. The number of benzene rings is 1. The second kappa shape index (κ2) is 9.83. The first-order valence-corrected chi connectivity index (χ1v) is 12.3. The fraction of sp³-hybridized carbons (Fsp3) is 0.269. The average molecular weight is 523 g/mol. The smallest absolute Gasteiger partial charge is 0.269 e. The Morgan fingerprint density at radius 3 is 2.43 bits per heavy atom. The SMILES string of the molecule is Cn1nc(-c2cscn2)cc1C(=O)NCC(C)(O)c1cc(C(C)(C)C(N)=O)cc(-c2ccc(F)cc2)n1. The molecule has 2 amide bonds. The third-order valence-corrected chi connectivity index (χ3v) is 6.84. The van der Waals surface area contributed by atoms with Crippen LogP contribution in [-0.2, 0) is 22.9 Å². The highest BCUT2D eigenvalue weighted by molar-refractivity contribution is 7.07. The molecule has 0 saturated heterocycles. The van der Waals surface area contributed by atoms with Crippen molar-refractivity contribution in [2.45, 2.75) is 31.8 Å². The van der Waals surface area contributed by atoms with Gasteiger partial charge in [-0.15, -0.1) is 11.3 Å². The number of rotatable bonds is 8. The van der Waals surface area contributed by atoms with E-state index in [-0.39, 0.29) is 12.2 Å². The predicted octanol–water partition coefficient (Wildman–Crippen LogP) is 3.15. The number of amides is 2. The standard InChI is InChI=1S/C26H27FN6O3S/c1-25(2,24(28)35)16-9-18(15-5-7-17(27)8-6-15)31-22(10-16)26(3,36)13-29-23(34)21-11-19(32-33(21)4)20-12-37-14-30-20/h5-12,14,36H,13H2,1-4H3,(H2,28,35)(H,29,34). The molecule has 1 atom stereocenters. The minimum Gasteiger partial charge on any atom is -0.382 e. The molecule has 4 rings (SSSR count). The fourth-order valence-electron chi connectivity index (χ4n) is 3.66. The van der Waals surface area contributed by atoms with Crippen LogP contribution in [0.4, 0.5) is 4.39 Å². The van der Waals surface area contributed by atoms with Crippen LogP contribution in [0.1, 0.15) is 42.5 Å². The summed E-state index contributed by atoms with van der Waals surface area (Å²) < 4.78 is 14.9. The lowest BCUT2D eigenvalue weighted by Gasteiger charge is -2.28. The maximum Gasteiger partial charge on any atom is 0.269 e. The molecule has 1 unspecified atom stereocenters. The molecular weight excluding hydrogens is 495 g/mol. The summed E-state index contributed by atoms with van der Waals surface area (Å²) in [7, 11) is 1.65. The van der Waals surface area contributed by atoms with Gasteiger partial charge in [-0.1, -0.05) is 0 Å². The number of pyridine rings is 1. The van der Waals surface area contributed by atoms with E-state index in [9.17, 15) is 19.1 Å². The first-order valence-electron chi connectivity index (χ1n) is 11.4. The summed E-state index contributed by atoms with van der Waals surface area (Å²) in [6.07, 6.45) is 0. The van der Waals surface area contributed by atoms with Crippen LogP contribution in [0.15, 0.2) is 53.4 Å². The molecular formula is C26H27FN6O3S. The molecule has 0 fully saturated rings. The zero-order valence-corrected chi connectivity index (χ0v) is 21.6. The topological polar surface area (TPSA) is 136 Å². The van der Waals surface area contributed by atoms with Crippen LogP contribution in [0, 0.1) is 5.82 Å². The van der Waals surface area contributed by atoms with Gasteiger partial charge in [0.2, 0.25) is 5.91 Å². The fourth-order valence-corrected chi connectivity index (χ4v) is 4.20. The Kier molecular flexibility index (Phi) is 6.94. The summed E-state index contributed by atoms with van der Waals surface area (Å²) in [5, 5.41) is 20.3. The van der Waals surface area contributed by atoms with Crippen molar-refractivity contribution >= 4 is 23.2 Å². The first kappa shape index (κ1) is 26.1. The van der Waals surface area contributed by atoms with Crippen LogP contribution in [-0.4, -0.2) is 43.2 Å². The third-order valence-electron chi connectivity index (χ3n) is 6.26. The van der Waals surface area contributed by atoms with E-state index in [1.165, 1.54) is 35.1 Å². The van der Waals surface area contributed by atoms with Gasteiger partial charge in [-0.3, -0.25) is 14.3 Å². The predicted molar refractivity (Wildman–Crippen MR) is 138 cm³/mol. The number of aromatic nitrogens is 4. The molecule has 11 heteroatoms. The van der Waals surface area contributed by atoms with Crippen molar-refractivity contribution in [1.82, 2.24) is 25.1 Å². The normalized spacial score (nSPS) is 13.2. The van der Waals surface area contributed by atoms with Crippen molar-refractivity contribution in [3.63, 3.8) is 0 Å². The van der Waals surface area contributed by atoms with Crippen molar-refractivity contribution in [3.05, 3.63) is 76.1 Å². The molecule has 3 aromatic heterocycles. The maximum atomic E-state index is 13.5. The van der Waals surface area contributed by atoms with E-state index in [0.717, 1.165) is 0 Å². The number of carbonyl (C=O) groups is 2. The molecule has 4 aromatic rings. The molecule has 0 radical (unpaired) electrons. The minimum absolute atomic E-state index is 0.181. The Balaban J connectivity index is 1.64. The monoisotopic (exact) mass is 522 g/mol. The molecule has 192 valence electrons. The van der Waals surface area contributed by atoms with Gasteiger partial charge in [-0.05, 0) is 68.8 Å². The van der Waals surface area contributed by atoms with E-state index in [2.05, 4.69) is 20.4 Å². The number of nitrogens with one attached hydrogen (secondary N) is 1. The molecule has 0 spiro atoms. The Bertz CT molecular complexity index is 1450. The number of aryl methyl sites for hydroxylation is 1. The van der Waals surface area contributed by atoms with Gasteiger partial charge in [0.15, 0.2) is 0 Å². The lowest BCUT2D eigenvalue weighted by molar-refractivity contribution is -0.122. The van der Waals surface area contributed by atoms with Gasteiger partial charge in [0.25, 0.3) is 5.91 Å². The van der Waals surface area contributed by atoms with Gasteiger partial charge in [-0.25, -0.2) is 14.4 Å². The number of nitrogens with two attached hydrogens (primary N) is 1. The van der Waals surface area contributed by atoms with Crippen molar-refractivity contribution in [1.29, 1.82) is 0 Å². The number of nitrogens with zero attached hydrogens (tertiary/aromatic N) is 4. The summed E-state index contributed by atoms with van der Waals surface area (Å²) in [4.78, 5) is 33.9. The molecule has 9 nitrogen and oxygen atoms in total. The van der Waals surface area contributed by atoms with Gasteiger partial charge in [0.05, 0.1) is 28.9 Å². The van der Waals surface area contributed by atoms with Crippen LogP contribution in [0.5, 0.6) is 0 Å². The molecule has 1 aromatic carbocycles. The van der Waals surface area contributed by atoms with E-state index >= 15 is 0 Å². The minimum atomic E-state index is -1.62. The van der Waals surface area contributed by atoms with Crippen LogP contribution in [0.25, 0.3) is 22.6 Å². The van der Waals surface area contributed by atoms with E-state index in [4.69, 9.17) is 5.73 Å². The summed E-state index contributed by atoms with van der Waals surface area (Å²) in [5.41, 5.74) is 7.90. The molecule has 3 heterocycles. The van der Waals surface area contributed by atoms with Gasteiger partial charge < -0.3 is 16.2 Å². The number of hydrogen-bond donors (Lipinski definition) is 3. The Labute approximate surface area is 217 Å². The molecule has 37 heavy (non-hydrogen) atoms. The lowest BCUT2D eigenvalue weighted by Crippen LogP contribution is -2.40. The molecule has 0 bridgehead atoms. The lowest BCUT2D eigenvalue weighted by atomic mass is 9.82. The molecule has 0 saturated carbocycles. The third kappa shape index (κ3) is 5.42. The van der Waals surface area contributed by atoms with Gasteiger partial charge in [-0.2, -0.15) is 5.10 Å². The Hall–Kier alpha value is -3.96. The van der Waals surface area contributed by atoms with Crippen LogP contribution in [0.3, 0.4) is 0 Å². The zero-order chi connectivity index (χ0) is 27.0. The molecule has 0 aliphatic rings. The highest BCUT2D eigenvalue weighted by atomic mass is 32.1. The molecule has 4 N–H and O–H groups in total. The summed E-state index contributed by atoms with van der Waals surface area (Å²) in [6, 6.07) is 10.6. The van der Waals surface area contributed by atoms with E-state index < -0.39 is 28.6 Å².